The summed E-state index contributed by atoms with van der Waals surface area (Å²) < 4.78 is 28.9. The molecule has 0 radical (unpaired) electrons. The summed E-state index contributed by atoms with van der Waals surface area (Å²) >= 11 is 0. The Morgan fingerprint density at radius 3 is 2.42 bits per heavy atom. The molecule has 1 aromatic heterocycles. The standard InChI is InChI=1S/C18H18O5S/c1-12-10-16(24(4,21)22)13(7-8-18(2,3)20)11-15(12)14-6-5-9-23-17(14)19/h5-6,9-11,20H,1-4H3. The Bertz CT molecular complexity index is 996. The number of hydrogen-bond acceptors (Lipinski definition) is 5. The maximum absolute atomic E-state index is 12.0. The highest BCUT2D eigenvalue weighted by atomic mass is 32.2. The predicted octanol–water partition coefficient (Wildman–Crippen LogP) is 2.14. The van der Waals surface area contributed by atoms with E-state index in [-0.39, 0.29) is 10.5 Å². The van der Waals surface area contributed by atoms with E-state index in [1.54, 1.807) is 19.1 Å². The van der Waals surface area contributed by atoms with Crippen LogP contribution in [-0.2, 0) is 9.84 Å². The monoisotopic (exact) mass is 346 g/mol. The van der Waals surface area contributed by atoms with Crippen molar-refractivity contribution < 1.29 is 17.9 Å². The number of benzene rings is 1. The Kier molecular flexibility index (Phi) is 4.70. The minimum atomic E-state index is -3.52. The first kappa shape index (κ1) is 18.0. The molecule has 0 aliphatic rings. The van der Waals surface area contributed by atoms with Crippen LogP contribution < -0.4 is 5.63 Å². The Morgan fingerprint density at radius 1 is 1.21 bits per heavy atom. The van der Waals surface area contributed by atoms with Gasteiger partial charge in [0.1, 0.15) is 5.60 Å². The van der Waals surface area contributed by atoms with Gasteiger partial charge in [-0.1, -0.05) is 11.8 Å². The first-order valence-electron chi connectivity index (χ1n) is 7.17. The van der Waals surface area contributed by atoms with Crippen molar-refractivity contribution in [2.45, 2.75) is 31.3 Å². The molecule has 0 atom stereocenters. The van der Waals surface area contributed by atoms with E-state index in [1.807, 2.05) is 0 Å². The fourth-order valence-electron chi connectivity index (χ4n) is 2.16. The molecular weight excluding hydrogens is 328 g/mol. The molecule has 0 spiro atoms. The lowest BCUT2D eigenvalue weighted by Crippen LogP contribution is -2.14. The maximum atomic E-state index is 12.0. The lowest BCUT2D eigenvalue weighted by atomic mass is 9.99. The highest BCUT2D eigenvalue weighted by Gasteiger charge is 2.18. The summed E-state index contributed by atoms with van der Waals surface area (Å²) in [4.78, 5) is 12.0. The van der Waals surface area contributed by atoms with E-state index >= 15 is 0 Å². The molecule has 5 nitrogen and oxygen atoms in total. The molecule has 1 aromatic carbocycles. The summed E-state index contributed by atoms with van der Waals surface area (Å²) in [6.45, 7) is 4.71. The third-order valence-corrected chi connectivity index (χ3v) is 4.39. The second-order valence-electron chi connectivity index (χ2n) is 6.06. The molecule has 2 aromatic rings. The normalized spacial score (nSPS) is 11.7. The zero-order valence-electron chi connectivity index (χ0n) is 13.9. The Hall–Kier alpha value is -2.36. The van der Waals surface area contributed by atoms with E-state index in [2.05, 4.69) is 11.8 Å². The van der Waals surface area contributed by atoms with Crippen molar-refractivity contribution in [3.05, 3.63) is 52.1 Å². The van der Waals surface area contributed by atoms with Crippen LogP contribution in [-0.4, -0.2) is 25.4 Å². The average Bonchev–Trinajstić information content (AvgIpc) is 2.44. The molecule has 0 unspecified atom stereocenters. The average molecular weight is 346 g/mol. The van der Waals surface area contributed by atoms with Gasteiger partial charge < -0.3 is 9.52 Å². The van der Waals surface area contributed by atoms with Crippen molar-refractivity contribution in [3.63, 3.8) is 0 Å². The van der Waals surface area contributed by atoms with E-state index in [4.69, 9.17) is 4.42 Å². The second kappa shape index (κ2) is 6.27. The van der Waals surface area contributed by atoms with Gasteiger partial charge in [0.15, 0.2) is 9.84 Å². The van der Waals surface area contributed by atoms with Crippen LogP contribution in [0.1, 0.15) is 25.0 Å². The van der Waals surface area contributed by atoms with Crippen LogP contribution in [0.3, 0.4) is 0 Å². The van der Waals surface area contributed by atoms with Gasteiger partial charge >= 0.3 is 5.63 Å². The molecular formula is C18H18O5S. The Labute approximate surface area is 140 Å². The number of rotatable bonds is 2. The summed E-state index contributed by atoms with van der Waals surface area (Å²) in [6.07, 6.45) is 2.37. The lowest BCUT2D eigenvalue weighted by molar-refractivity contribution is 0.143. The van der Waals surface area contributed by atoms with Crippen molar-refractivity contribution in [1.82, 2.24) is 0 Å². The van der Waals surface area contributed by atoms with Crippen LogP contribution in [0, 0.1) is 18.8 Å². The number of sulfone groups is 1. The molecule has 24 heavy (non-hydrogen) atoms. The fourth-order valence-corrected chi connectivity index (χ4v) is 3.06. The highest BCUT2D eigenvalue weighted by molar-refractivity contribution is 7.90. The molecule has 0 aliphatic carbocycles. The SMILES string of the molecule is Cc1cc(S(C)(=O)=O)c(C#CC(C)(C)O)cc1-c1cccoc1=O. The number of aryl methyl sites for hydroxylation is 1. The Balaban J connectivity index is 2.80. The highest BCUT2D eigenvalue weighted by Crippen LogP contribution is 2.27. The summed E-state index contributed by atoms with van der Waals surface area (Å²) in [6, 6.07) is 6.20. The topological polar surface area (TPSA) is 84.6 Å². The van der Waals surface area contributed by atoms with Gasteiger partial charge in [0, 0.05) is 11.8 Å². The molecule has 0 aliphatic heterocycles. The van der Waals surface area contributed by atoms with Crippen molar-refractivity contribution in [1.29, 1.82) is 0 Å². The zero-order valence-corrected chi connectivity index (χ0v) is 14.7. The van der Waals surface area contributed by atoms with E-state index < -0.39 is 21.1 Å². The van der Waals surface area contributed by atoms with Gasteiger partial charge in [0.05, 0.1) is 16.7 Å². The first-order chi connectivity index (χ1) is 11.0. The van der Waals surface area contributed by atoms with Gasteiger partial charge in [-0.3, -0.25) is 0 Å². The number of hydrogen-bond donors (Lipinski definition) is 1. The van der Waals surface area contributed by atoms with Crippen LogP contribution in [0.15, 0.2) is 44.6 Å². The lowest BCUT2D eigenvalue weighted by Gasteiger charge is -2.11. The van der Waals surface area contributed by atoms with E-state index in [0.717, 1.165) is 6.26 Å². The van der Waals surface area contributed by atoms with E-state index in [9.17, 15) is 18.3 Å². The largest absolute Gasteiger partial charge is 0.431 e. The summed E-state index contributed by atoms with van der Waals surface area (Å²) in [5.41, 5.74) is -0.0931. The van der Waals surface area contributed by atoms with Gasteiger partial charge in [-0.05, 0) is 56.2 Å². The minimum absolute atomic E-state index is 0.0563. The summed E-state index contributed by atoms with van der Waals surface area (Å²) in [5.74, 6) is 5.31. The molecule has 0 saturated carbocycles. The molecule has 1 heterocycles. The molecule has 6 heteroatoms. The molecule has 0 amide bonds. The van der Waals surface area contributed by atoms with Crippen molar-refractivity contribution in [3.8, 4) is 23.0 Å². The van der Waals surface area contributed by atoms with Crippen LogP contribution >= 0.6 is 0 Å². The van der Waals surface area contributed by atoms with Crippen molar-refractivity contribution in [2.24, 2.45) is 0 Å². The van der Waals surface area contributed by atoms with Gasteiger partial charge in [-0.2, -0.15) is 0 Å². The van der Waals surface area contributed by atoms with Crippen molar-refractivity contribution >= 4 is 9.84 Å². The third-order valence-electron chi connectivity index (χ3n) is 3.26. The molecule has 126 valence electrons. The molecule has 0 bridgehead atoms. The molecule has 0 saturated heterocycles. The molecule has 2 rings (SSSR count). The van der Waals surface area contributed by atoms with Gasteiger partial charge in [0.2, 0.25) is 0 Å². The molecule has 1 N–H and O–H groups in total. The zero-order chi connectivity index (χ0) is 18.1. The summed E-state index contributed by atoms with van der Waals surface area (Å²) in [5, 5.41) is 9.77. The Morgan fingerprint density at radius 2 is 1.88 bits per heavy atom. The van der Waals surface area contributed by atoms with Crippen LogP contribution in [0.25, 0.3) is 11.1 Å². The maximum Gasteiger partial charge on any atom is 0.343 e. The number of aliphatic hydroxyl groups is 1. The smallest absolute Gasteiger partial charge is 0.343 e. The van der Waals surface area contributed by atoms with Crippen molar-refractivity contribution in [2.75, 3.05) is 6.26 Å². The quantitative estimate of drug-likeness (QED) is 0.842. The fraction of sp³-hybridized carbons (Fsp3) is 0.278. The second-order valence-corrected chi connectivity index (χ2v) is 8.04. The predicted molar refractivity (Wildman–Crippen MR) is 91.4 cm³/mol. The first-order valence-corrected chi connectivity index (χ1v) is 9.06. The van der Waals surface area contributed by atoms with Gasteiger partial charge in [-0.25, -0.2) is 13.2 Å². The van der Waals surface area contributed by atoms with Gasteiger partial charge in [-0.15, -0.1) is 0 Å². The molecule has 0 fully saturated rings. The third kappa shape index (κ3) is 4.13. The van der Waals surface area contributed by atoms with E-state index in [1.165, 1.54) is 32.2 Å². The summed E-state index contributed by atoms with van der Waals surface area (Å²) in [7, 11) is -3.52. The van der Waals surface area contributed by atoms with Crippen LogP contribution in [0.4, 0.5) is 0 Å². The van der Waals surface area contributed by atoms with Crippen LogP contribution in [0.5, 0.6) is 0 Å². The minimum Gasteiger partial charge on any atom is -0.431 e. The van der Waals surface area contributed by atoms with Crippen LogP contribution in [0.2, 0.25) is 0 Å². The van der Waals surface area contributed by atoms with E-state index in [0.29, 0.717) is 16.7 Å². The van der Waals surface area contributed by atoms with Gasteiger partial charge in [0.25, 0.3) is 0 Å².